The Labute approximate surface area is 181 Å². The fourth-order valence-electron chi connectivity index (χ4n) is 3.23. The molecule has 0 saturated carbocycles. The number of nitrogens with one attached hydrogen (secondary N) is 1. The van der Waals surface area contributed by atoms with Crippen LogP contribution in [0.5, 0.6) is 11.5 Å². The van der Waals surface area contributed by atoms with Gasteiger partial charge in [-0.2, -0.15) is 18.2 Å². The zero-order valence-electron chi connectivity index (χ0n) is 17.3. The average Bonchev–Trinajstić information content (AvgIpc) is 3.45. The van der Waals surface area contributed by atoms with Crippen molar-refractivity contribution < 1.29 is 32.0 Å². The molecule has 168 valence electrons. The van der Waals surface area contributed by atoms with E-state index in [1.165, 1.54) is 0 Å². The van der Waals surface area contributed by atoms with E-state index in [0.717, 1.165) is 24.3 Å². The lowest BCUT2D eigenvalue weighted by atomic mass is 9.98. The van der Waals surface area contributed by atoms with Crippen molar-refractivity contribution in [3.63, 3.8) is 0 Å². The summed E-state index contributed by atoms with van der Waals surface area (Å²) in [6.07, 6.45) is -3.77. The van der Waals surface area contributed by atoms with E-state index < -0.39 is 23.7 Å². The molecule has 0 spiro atoms. The molecular formula is C22H20F3N3O4. The van der Waals surface area contributed by atoms with Crippen LogP contribution in [0.25, 0.3) is 11.4 Å². The van der Waals surface area contributed by atoms with Gasteiger partial charge < -0.3 is 19.3 Å². The molecule has 2 aromatic carbocycles. The number of benzene rings is 2. The number of aromatic nitrogens is 2. The molecule has 0 aliphatic carbocycles. The van der Waals surface area contributed by atoms with Crippen molar-refractivity contribution in [1.29, 1.82) is 0 Å². The van der Waals surface area contributed by atoms with Crippen molar-refractivity contribution in [2.24, 2.45) is 5.92 Å². The summed E-state index contributed by atoms with van der Waals surface area (Å²) in [6, 6.07) is 8.64. The monoisotopic (exact) mass is 447 g/mol. The van der Waals surface area contributed by atoms with Gasteiger partial charge in [0, 0.05) is 11.1 Å². The fourth-order valence-corrected chi connectivity index (χ4v) is 3.23. The molecule has 0 bridgehead atoms. The SMILES string of the molecule is CC[C@H](C)[C@@H](NC(=O)c1ccc(C(F)(F)F)cc1)c1nc(-c2ccc3c(c2)OCO3)no1. The average molecular weight is 447 g/mol. The van der Waals surface area contributed by atoms with E-state index in [0.29, 0.717) is 29.3 Å². The molecule has 4 rings (SSSR count). The highest BCUT2D eigenvalue weighted by Crippen LogP contribution is 2.36. The summed E-state index contributed by atoms with van der Waals surface area (Å²) >= 11 is 0. The quantitative estimate of drug-likeness (QED) is 0.572. The minimum Gasteiger partial charge on any atom is -0.454 e. The van der Waals surface area contributed by atoms with Gasteiger partial charge in [-0.25, -0.2) is 0 Å². The molecule has 32 heavy (non-hydrogen) atoms. The van der Waals surface area contributed by atoms with Crippen molar-refractivity contribution in [3.8, 4) is 22.9 Å². The fraction of sp³-hybridized carbons (Fsp3) is 0.318. The number of nitrogens with zero attached hydrogens (tertiary/aromatic N) is 2. The third kappa shape index (κ3) is 4.39. The molecule has 2 heterocycles. The molecule has 0 radical (unpaired) electrons. The van der Waals surface area contributed by atoms with Crippen molar-refractivity contribution in [1.82, 2.24) is 15.5 Å². The van der Waals surface area contributed by atoms with Crippen LogP contribution in [-0.2, 0) is 6.18 Å². The maximum absolute atomic E-state index is 12.8. The zero-order chi connectivity index (χ0) is 22.9. The highest BCUT2D eigenvalue weighted by Gasteiger charge is 2.31. The first-order valence-electron chi connectivity index (χ1n) is 9.98. The summed E-state index contributed by atoms with van der Waals surface area (Å²) < 4.78 is 54.4. The van der Waals surface area contributed by atoms with Gasteiger partial charge in [0.1, 0.15) is 6.04 Å². The molecule has 1 amide bonds. The molecular weight excluding hydrogens is 427 g/mol. The van der Waals surface area contributed by atoms with E-state index in [4.69, 9.17) is 14.0 Å². The molecule has 0 unspecified atom stereocenters. The number of amides is 1. The van der Waals surface area contributed by atoms with Crippen LogP contribution in [-0.4, -0.2) is 22.8 Å². The second-order valence-electron chi connectivity index (χ2n) is 7.44. The lowest BCUT2D eigenvalue weighted by Crippen LogP contribution is -2.32. The van der Waals surface area contributed by atoms with Crippen molar-refractivity contribution in [2.45, 2.75) is 32.5 Å². The van der Waals surface area contributed by atoms with E-state index >= 15 is 0 Å². The van der Waals surface area contributed by atoms with E-state index in [1.807, 2.05) is 13.8 Å². The van der Waals surface area contributed by atoms with Crippen LogP contribution in [0.2, 0.25) is 0 Å². The van der Waals surface area contributed by atoms with Gasteiger partial charge in [-0.15, -0.1) is 0 Å². The molecule has 7 nitrogen and oxygen atoms in total. The summed E-state index contributed by atoms with van der Waals surface area (Å²) in [5.74, 6) is 1.11. The number of ether oxygens (including phenoxy) is 2. The molecule has 1 N–H and O–H groups in total. The number of carbonyl (C=O) groups is 1. The number of alkyl halides is 3. The van der Waals surface area contributed by atoms with Gasteiger partial charge in [0.15, 0.2) is 11.5 Å². The first-order chi connectivity index (χ1) is 15.3. The molecule has 0 saturated heterocycles. The van der Waals surface area contributed by atoms with E-state index in [1.54, 1.807) is 18.2 Å². The van der Waals surface area contributed by atoms with Crippen LogP contribution in [0.3, 0.4) is 0 Å². The first kappa shape index (κ1) is 21.7. The number of hydrogen-bond acceptors (Lipinski definition) is 6. The van der Waals surface area contributed by atoms with Crippen molar-refractivity contribution in [3.05, 3.63) is 59.5 Å². The Kier molecular flexibility index (Phi) is 5.77. The van der Waals surface area contributed by atoms with Crippen LogP contribution in [0.15, 0.2) is 47.0 Å². The highest BCUT2D eigenvalue weighted by molar-refractivity contribution is 5.94. The third-order valence-corrected chi connectivity index (χ3v) is 5.31. The molecule has 1 aromatic heterocycles. The second-order valence-corrected chi connectivity index (χ2v) is 7.44. The standard InChI is InChI=1S/C22H20F3N3O4/c1-3-12(2)18(26-20(29)13-4-7-15(8-5-13)22(23,24)25)21-27-19(28-32-21)14-6-9-16-17(10-14)31-11-30-16/h4-10,12,18H,3,11H2,1-2H3,(H,26,29)/t12-,18+/m0/s1. The Hall–Kier alpha value is -3.56. The number of halogens is 3. The van der Waals surface area contributed by atoms with Crippen molar-refractivity contribution in [2.75, 3.05) is 6.79 Å². The van der Waals surface area contributed by atoms with Gasteiger partial charge >= 0.3 is 6.18 Å². The molecule has 1 aliphatic heterocycles. The van der Waals surface area contributed by atoms with Gasteiger partial charge in [-0.3, -0.25) is 4.79 Å². The molecule has 2 atom stereocenters. The predicted molar refractivity (Wildman–Crippen MR) is 107 cm³/mol. The van der Waals surface area contributed by atoms with Gasteiger partial charge in [0.25, 0.3) is 5.91 Å². The normalized spacial score (nSPS) is 14.8. The maximum Gasteiger partial charge on any atom is 0.416 e. The summed E-state index contributed by atoms with van der Waals surface area (Å²) in [5, 5.41) is 6.81. The van der Waals surface area contributed by atoms with Crippen LogP contribution in [0, 0.1) is 5.92 Å². The van der Waals surface area contributed by atoms with Crippen LogP contribution >= 0.6 is 0 Å². The Morgan fingerprint density at radius 3 is 2.53 bits per heavy atom. The lowest BCUT2D eigenvalue weighted by molar-refractivity contribution is -0.137. The van der Waals surface area contributed by atoms with Gasteiger partial charge in [0.2, 0.25) is 18.5 Å². The predicted octanol–water partition coefficient (Wildman–Crippen LogP) is 5.00. The molecule has 0 fully saturated rings. The van der Waals surface area contributed by atoms with Gasteiger partial charge in [-0.1, -0.05) is 25.4 Å². The Morgan fingerprint density at radius 1 is 1.12 bits per heavy atom. The number of hydrogen-bond donors (Lipinski definition) is 1. The first-order valence-corrected chi connectivity index (χ1v) is 9.98. The number of rotatable bonds is 6. The zero-order valence-corrected chi connectivity index (χ0v) is 17.3. The number of fused-ring (bicyclic) bond motifs is 1. The van der Waals surface area contributed by atoms with E-state index in [9.17, 15) is 18.0 Å². The largest absolute Gasteiger partial charge is 0.454 e. The Morgan fingerprint density at radius 2 is 1.84 bits per heavy atom. The summed E-state index contributed by atoms with van der Waals surface area (Å²) in [4.78, 5) is 17.1. The van der Waals surface area contributed by atoms with Gasteiger partial charge in [0.05, 0.1) is 5.56 Å². The summed E-state index contributed by atoms with van der Waals surface area (Å²) in [5.41, 5.74) is -0.0687. The molecule has 3 aromatic rings. The minimum atomic E-state index is -4.47. The highest BCUT2D eigenvalue weighted by atomic mass is 19.4. The van der Waals surface area contributed by atoms with Crippen molar-refractivity contribution >= 4 is 5.91 Å². The second kappa shape index (κ2) is 8.52. The third-order valence-electron chi connectivity index (χ3n) is 5.31. The van der Waals surface area contributed by atoms with Crippen LogP contribution < -0.4 is 14.8 Å². The number of carbonyl (C=O) groups excluding carboxylic acids is 1. The summed E-state index contributed by atoms with van der Waals surface area (Å²) in [6.45, 7) is 3.99. The van der Waals surface area contributed by atoms with E-state index in [-0.39, 0.29) is 24.2 Å². The lowest BCUT2D eigenvalue weighted by Gasteiger charge is -2.21. The topological polar surface area (TPSA) is 86.5 Å². The van der Waals surface area contributed by atoms with Crippen LogP contribution in [0.1, 0.15) is 48.1 Å². The Bertz CT molecular complexity index is 1110. The molecule has 10 heteroatoms. The van der Waals surface area contributed by atoms with Crippen LogP contribution in [0.4, 0.5) is 13.2 Å². The maximum atomic E-state index is 12.8. The smallest absolute Gasteiger partial charge is 0.416 e. The summed E-state index contributed by atoms with van der Waals surface area (Å²) in [7, 11) is 0. The van der Waals surface area contributed by atoms with Gasteiger partial charge in [-0.05, 0) is 48.4 Å². The minimum absolute atomic E-state index is 0.0709. The molecule has 1 aliphatic rings. The van der Waals surface area contributed by atoms with E-state index in [2.05, 4.69) is 15.5 Å². The Balaban J connectivity index is 1.55.